The summed E-state index contributed by atoms with van der Waals surface area (Å²) in [6.07, 6.45) is 14.5. The van der Waals surface area contributed by atoms with Crippen LogP contribution >= 0.6 is 0 Å². The second kappa shape index (κ2) is 13.2. The fourth-order valence-electron chi connectivity index (χ4n) is 5.29. The van der Waals surface area contributed by atoms with Crippen molar-refractivity contribution in [2.45, 2.75) is 125 Å². The van der Waals surface area contributed by atoms with E-state index < -0.39 is 0 Å². The van der Waals surface area contributed by atoms with Gasteiger partial charge in [-0.2, -0.15) is 0 Å². The van der Waals surface area contributed by atoms with Crippen molar-refractivity contribution in [3.63, 3.8) is 0 Å². The second-order valence-corrected chi connectivity index (χ2v) is 10.7. The van der Waals surface area contributed by atoms with Crippen LogP contribution in [0.15, 0.2) is 0 Å². The van der Waals surface area contributed by atoms with Gasteiger partial charge in [0, 0.05) is 0 Å². The molecule has 0 amide bonds. The SMILES string of the molecule is CC[C@@H](C)CCC(C)C[C@@H](CC)C1CCC([C@H](O)C(C)CCC(C)C)CC1. The van der Waals surface area contributed by atoms with Gasteiger partial charge in [0.15, 0.2) is 0 Å². The van der Waals surface area contributed by atoms with Crippen molar-refractivity contribution in [2.75, 3.05) is 0 Å². The van der Waals surface area contributed by atoms with E-state index in [0.29, 0.717) is 11.8 Å². The van der Waals surface area contributed by atoms with Gasteiger partial charge in [-0.05, 0) is 80.0 Å². The third-order valence-electron chi connectivity index (χ3n) is 7.83. The fraction of sp³-hybridized carbons (Fsp3) is 1.00. The van der Waals surface area contributed by atoms with E-state index in [0.717, 1.165) is 29.6 Å². The molecule has 27 heavy (non-hydrogen) atoms. The third kappa shape index (κ3) is 9.33. The van der Waals surface area contributed by atoms with Gasteiger partial charge in [-0.15, -0.1) is 0 Å². The molecule has 0 aliphatic heterocycles. The molecule has 0 heterocycles. The molecule has 5 atom stereocenters. The van der Waals surface area contributed by atoms with Gasteiger partial charge in [0.2, 0.25) is 0 Å². The van der Waals surface area contributed by atoms with Crippen LogP contribution in [0.2, 0.25) is 0 Å². The summed E-state index contributed by atoms with van der Waals surface area (Å²) in [4.78, 5) is 0. The monoisotopic (exact) mass is 380 g/mol. The molecule has 0 spiro atoms. The van der Waals surface area contributed by atoms with Crippen molar-refractivity contribution in [3.8, 4) is 0 Å². The largest absolute Gasteiger partial charge is 0.393 e. The van der Waals surface area contributed by atoms with E-state index in [1.807, 2.05) is 0 Å². The standard InChI is InChI=1S/C26H52O/c1-8-20(5)11-12-21(6)18-23(9-2)24-14-16-25(17-15-24)26(27)22(7)13-10-19(3)4/h19-27H,8-18H2,1-7H3/t20-,21?,22?,23-,24?,25?,26-/m1/s1. The van der Waals surface area contributed by atoms with Crippen molar-refractivity contribution in [1.82, 2.24) is 0 Å². The van der Waals surface area contributed by atoms with E-state index in [1.54, 1.807) is 0 Å². The average Bonchev–Trinajstić information content (AvgIpc) is 2.67. The zero-order valence-corrected chi connectivity index (χ0v) is 19.8. The molecule has 1 fully saturated rings. The Kier molecular flexibility index (Phi) is 12.3. The minimum atomic E-state index is -0.0702. The molecule has 1 nitrogen and oxygen atoms in total. The Balaban J connectivity index is 2.39. The normalized spacial score (nSPS) is 26.6. The third-order valence-corrected chi connectivity index (χ3v) is 7.83. The van der Waals surface area contributed by atoms with Crippen LogP contribution < -0.4 is 0 Å². The molecule has 1 N–H and O–H groups in total. The van der Waals surface area contributed by atoms with E-state index in [2.05, 4.69) is 48.5 Å². The Labute approximate surface area is 172 Å². The summed E-state index contributed by atoms with van der Waals surface area (Å²) in [7, 11) is 0. The van der Waals surface area contributed by atoms with Crippen LogP contribution in [0.5, 0.6) is 0 Å². The van der Waals surface area contributed by atoms with Gasteiger partial charge in [-0.25, -0.2) is 0 Å². The second-order valence-electron chi connectivity index (χ2n) is 10.7. The molecular weight excluding hydrogens is 328 g/mol. The van der Waals surface area contributed by atoms with Crippen molar-refractivity contribution in [2.24, 2.45) is 41.4 Å². The minimum Gasteiger partial charge on any atom is -0.393 e. The first-order valence-corrected chi connectivity index (χ1v) is 12.5. The van der Waals surface area contributed by atoms with Gasteiger partial charge < -0.3 is 5.11 Å². The summed E-state index contributed by atoms with van der Waals surface area (Å²) in [5.74, 6) is 5.37. The van der Waals surface area contributed by atoms with Crippen molar-refractivity contribution < 1.29 is 5.11 Å². The van der Waals surface area contributed by atoms with Crippen LogP contribution in [-0.2, 0) is 0 Å². The molecule has 0 saturated heterocycles. The Hall–Kier alpha value is -0.0400. The lowest BCUT2D eigenvalue weighted by Gasteiger charge is -2.38. The molecule has 1 saturated carbocycles. The molecule has 0 aromatic rings. The molecule has 1 heteroatoms. The highest BCUT2D eigenvalue weighted by atomic mass is 16.3. The molecule has 0 bridgehead atoms. The van der Waals surface area contributed by atoms with Gasteiger partial charge in [0.25, 0.3) is 0 Å². The summed E-state index contributed by atoms with van der Waals surface area (Å²) in [5, 5.41) is 10.8. The zero-order valence-electron chi connectivity index (χ0n) is 19.8. The molecule has 1 aliphatic carbocycles. The first-order valence-electron chi connectivity index (χ1n) is 12.5. The van der Waals surface area contributed by atoms with Crippen LogP contribution in [-0.4, -0.2) is 11.2 Å². The van der Waals surface area contributed by atoms with E-state index in [1.165, 1.54) is 70.6 Å². The van der Waals surface area contributed by atoms with E-state index in [4.69, 9.17) is 0 Å². The maximum absolute atomic E-state index is 10.8. The molecule has 162 valence electrons. The average molecular weight is 381 g/mol. The highest BCUT2D eigenvalue weighted by Gasteiger charge is 2.32. The smallest absolute Gasteiger partial charge is 0.0593 e. The quantitative estimate of drug-likeness (QED) is 0.342. The van der Waals surface area contributed by atoms with E-state index in [-0.39, 0.29) is 6.10 Å². The molecule has 2 unspecified atom stereocenters. The molecule has 1 aliphatic rings. The van der Waals surface area contributed by atoms with Crippen molar-refractivity contribution in [1.29, 1.82) is 0 Å². The minimum absolute atomic E-state index is 0.0702. The summed E-state index contributed by atoms with van der Waals surface area (Å²) < 4.78 is 0. The van der Waals surface area contributed by atoms with Crippen LogP contribution in [0.1, 0.15) is 119 Å². The number of rotatable bonds is 13. The summed E-state index contributed by atoms with van der Waals surface area (Å²) >= 11 is 0. The summed E-state index contributed by atoms with van der Waals surface area (Å²) in [6, 6.07) is 0. The first kappa shape index (κ1) is 25.0. The van der Waals surface area contributed by atoms with Crippen molar-refractivity contribution in [3.05, 3.63) is 0 Å². The predicted molar refractivity (Wildman–Crippen MR) is 121 cm³/mol. The van der Waals surface area contributed by atoms with Crippen molar-refractivity contribution >= 4 is 0 Å². The predicted octanol–water partition coefficient (Wildman–Crippen LogP) is 8.10. The topological polar surface area (TPSA) is 20.2 Å². The maximum Gasteiger partial charge on any atom is 0.0593 e. The molecule has 1 rings (SSSR count). The Morgan fingerprint density at radius 1 is 0.704 bits per heavy atom. The molecule has 0 aromatic heterocycles. The van der Waals surface area contributed by atoms with Gasteiger partial charge in [-0.1, -0.05) is 80.6 Å². The Morgan fingerprint density at radius 2 is 1.26 bits per heavy atom. The van der Waals surface area contributed by atoms with Gasteiger partial charge in [-0.3, -0.25) is 0 Å². The molecule has 0 aromatic carbocycles. The first-order chi connectivity index (χ1) is 12.8. The van der Waals surface area contributed by atoms with Crippen LogP contribution in [0.4, 0.5) is 0 Å². The lowest BCUT2D eigenvalue weighted by molar-refractivity contribution is 0.0202. The van der Waals surface area contributed by atoms with Gasteiger partial charge >= 0.3 is 0 Å². The van der Waals surface area contributed by atoms with Gasteiger partial charge in [0.1, 0.15) is 0 Å². The number of hydrogen-bond acceptors (Lipinski definition) is 1. The van der Waals surface area contributed by atoms with E-state index in [9.17, 15) is 5.11 Å². The highest BCUT2D eigenvalue weighted by molar-refractivity contribution is 4.83. The summed E-state index contributed by atoms with van der Waals surface area (Å²) in [5.41, 5.74) is 0. The maximum atomic E-state index is 10.8. The van der Waals surface area contributed by atoms with Crippen LogP contribution in [0.3, 0.4) is 0 Å². The number of aliphatic hydroxyl groups excluding tert-OH is 1. The Bertz CT molecular complexity index is 355. The van der Waals surface area contributed by atoms with E-state index >= 15 is 0 Å². The molecule has 0 radical (unpaired) electrons. The van der Waals surface area contributed by atoms with Gasteiger partial charge in [0.05, 0.1) is 6.10 Å². The number of hydrogen-bond donors (Lipinski definition) is 1. The number of aliphatic hydroxyl groups is 1. The lowest BCUT2D eigenvalue weighted by atomic mass is 9.69. The lowest BCUT2D eigenvalue weighted by Crippen LogP contribution is -2.33. The van der Waals surface area contributed by atoms with Crippen LogP contribution in [0, 0.1) is 41.4 Å². The Morgan fingerprint density at radius 3 is 1.78 bits per heavy atom. The molecular formula is C26H52O. The summed E-state index contributed by atoms with van der Waals surface area (Å²) in [6.45, 7) is 16.5. The zero-order chi connectivity index (χ0) is 20.4. The fourth-order valence-corrected chi connectivity index (χ4v) is 5.29. The van der Waals surface area contributed by atoms with Crippen LogP contribution in [0.25, 0.3) is 0 Å². The highest BCUT2D eigenvalue weighted by Crippen LogP contribution is 2.40.